The molecule has 2 aliphatic carbocycles. The zero-order chi connectivity index (χ0) is 13.5. The van der Waals surface area contributed by atoms with Crippen molar-refractivity contribution in [2.24, 2.45) is 17.8 Å². The third kappa shape index (κ3) is 1.92. The van der Waals surface area contributed by atoms with Crippen LogP contribution in [0.2, 0.25) is 0 Å². The molecule has 0 aliphatic heterocycles. The maximum Gasteiger partial charge on any atom is 0.0743 e. The number of aromatic nitrogens is 1. The van der Waals surface area contributed by atoms with Crippen LogP contribution in [0.4, 0.5) is 11.4 Å². The molecule has 2 bridgehead atoms. The first-order valence-electron chi connectivity index (χ1n) is 7.68. The summed E-state index contributed by atoms with van der Waals surface area (Å²) in [6.07, 6.45) is 7.52. The van der Waals surface area contributed by atoms with E-state index in [4.69, 9.17) is 5.73 Å². The number of hydrogen-bond acceptors (Lipinski definition) is 3. The van der Waals surface area contributed by atoms with Crippen LogP contribution in [0.3, 0.4) is 0 Å². The van der Waals surface area contributed by atoms with Crippen molar-refractivity contribution in [2.75, 3.05) is 17.6 Å². The number of fused-ring (bicyclic) bond motifs is 3. The monoisotopic (exact) mass is 267 g/mol. The SMILES string of the molecule is Nc1cnc2ccccc2c1NCC1CC2CCC1C2. The third-order valence-corrected chi connectivity index (χ3v) is 5.23. The molecule has 3 heteroatoms. The van der Waals surface area contributed by atoms with Crippen LogP contribution in [0.5, 0.6) is 0 Å². The van der Waals surface area contributed by atoms with E-state index in [1.54, 1.807) is 6.20 Å². The number of nitrogens with zero attached hydrogens (tertiary/aromatic N) is 1. The number of pyridine rings is 1. The second-order valence-electron chi connectivity index (χ2n) is 6.42. The highest BCUT2D eigenvalue weighted by Crippen LogP contribution is 2.48. The van der Waals surface area contributed by atoms with Crippen LogP contribution in [-0.4, -0.2) is 11.5 Å². The maximum atomic E-state index is 6.12. The Labute approximate surface area is 119 Å². The average Bonchev–Trinajstić information content (AvgIpc) is 3.09. The van der Waals surface area contributed by atoms with Gasteiger partial charge in [-0.2, -0.15) is 0 Å². The smallest absolute Gasteiger partial charge is 0.0743 e. The highest BCUT2D eigenvalue weighted by molar-refractivity contribution is 5.96. The number of hydrogen-bond donors (Lipinski definition) is 2. The lowest BCUT2D eigenvalue weighted by Crippen LogP contribution is -2.20. The van der Waals surface area contributed by atoms with Crippen LogP contribution in [0, 0.1) is 17.8 Å². The van der Waals surface area contributed by atoms with Gasteiger partial charge < -0.3 is 11.1 Å². The number of para-hydroxylation sites is 1. The molecule has 0 saturated heterocycles. The molecular weight excluding hydrogens is 246 g/mol. The maximum absolute atomic E-state index is 6.12. The minimum absolute atomic E-state index is 0.756. The van der Waals surface area contributed by atoms with E-state index in [0.29, 0.717) is 0 Å². The van der Waals surface area contributed by atoms with Gasteiger partial charge in [0.25, 0.3) is 0 Å². The van der Waals surface area contributed by atoms with Gasteiger partial charge in [-0.1, -0.05) is 24.6 Å². The number of nitrogens with two attached hydrogens (primary N) is 1. The molecule has 1 aromatic heterocycles. The molecule has 3 N–H and O–H groups in total. The van der Waals surface area contributed by atoms with Gasteiger partial charge in [0.15, 0.2) is 0 Å². The predicted octanol–water partition coefficient (Wildman–Crippen LogP) is 3.67. The van der Waals surface area contributed by atoms with E-state index in [0.717, 1.165) is 46.6 Å². The fourth-order valence-corrected chi connectivity index (χ4v) is 4.21. The summed E-state index contributed by atoms with van der Waals surface area (Å²) in [5.74, 6) is 2.78. The Bertz CT molecular complexity index is 637. The molecule has 2 aliphatic rings. The Hall–Kier alpha value is -1.77. The zero-order valence-electron chi connectivity index (χ0n) is 11.7. The summed E-state index contributed by atoms with van der Waals surface area (Å²) in [6, 6.07) is 8.21. The van der Waals surface area contributed by atoms with Gasteiger partial charge in [-0.15, -0.1) is 0 Å². The number of nitrogens with one attached hydrogen (secondary N) is 1. The van der Waals surface area contributed by atoms with Crippen LogP contribution in [0.25, 0.3) is 10.9 Å². The van der Waals surface area contributed by atoms with Crippen molar-refractivity contribution in [1.29, 1.82) is 0 Å². The standard InChI is InChI=1S/C17H21N3/c18-15-10-19-16-4-2-1-3-14(16)17(15)20-9-13-8-11-5-6-12(13)7-11/h1-4,10-13H,5-9,18H2,(H,19,20). The minimum atomic E-state index is 0.756. The normalized spacial score (nSPS) is 28.1. The van der Waals surface area contributed by atoms with Gasteiger partial charge in [-0.05, 0) is 43.1 Å². The van der Waals surface area contributed by atoms with Crippen molar-refractivity contribution in [3.63, 3.8) is 0 Å². The first-order chi connectivity index (χ1) is 9.81. The quantitative estimate of drug-likeness (QED) is 0.892. The molecule has 3 atom stereocenters. The minimum Gasteiger partial charge on any atom is -0.396 e. The molecule has 1 heterocycles. The largest absolute Gasteiger partial charge is 0.396 e. The summed E-state index contributed by atoms with van der Waals surface area (Å²) in [7, 11) is 0. The van der Waals surface area contributed by atoms with Crippen LogP contribution in [0.1, 0.15) is 25.7 Å². The molecule has 104 valence electrons. The molecule has 2 aromatic rings. The molecule has 3 unspecified atom stereocenters. The van der Waals surface area contributed by atoms with E-state index in [2.05, 4.69) is 16.4 Å². The molecule has 20 heavy (non-hydrogen) atoms. The van der Waals surface area contributed by atoms with E-state index in [9.17, 15) is 0 Å². The number of nitrogen functional groups attached to an aromatic ring is 1. The predicted molar refractivity (Wildman–Crippen MR) is 83.6 cm³/mol. The number of benzene rings is 1. The first-order valence-corrected chi connectivity index (χ1v) is 7.68. The summed E-state index contributed by atoms with van der Waals surface area (Å²) < 4.78 is 0. The molecule has 2 saturated carbocycles. The lowest BCUT2D eigenvalue weighted by Gasteiger charge is -2.23. The highest BCUT2D eigenvalue weighted by atomic mass is 14.9. The Morgan fingerprint density at radius 3 is 2.90 bits per heavy atom. The van der Waals surface area contributed by atoms with Gasteiger partial charge in [0.2, 0.25) is 0 Å². The van der Waals surface area contributed by atoms with E-state index in [1.807, 2.05) is 18.2 Å². The molecule has 4 rings (SSSR count). The van der Waals surface area contributed by atoms with Crippen molar-refractivity contribution in [2.45, 2.75) is 25.7 Å². The number of anilines is 2. The molecule has 2 fully saturated rings. The zero-order valence-corrected chi connectivity index (χ0v) is 11.7. The van der Waals surface area contributed by atoms with E-state index >= 15 is 0 Å². The van der Waals surface area contributed by atoms with Crippen molar-refractivity contribution >= 4 is 22.3 Å². The van der Waals surface area contributed by atoms with Crippen LogP contribution >= 0.6 is 0 Å². The van der Waals surface area contributed by atoms with Gasteiger partial charge in [-0.25, -0.2) is 0 Å². The molecule has 0 radical (unpaired) electrons. The summed E-state index contributed by atoms with van der Waals surface area (Å²) >= 11 is 0. The van der Waals surface area contributed by atoms with Gasteiger partial charge in [-0.3, -0.25) is 4.98 Å². The Morgan fingerprint density at radius 1 is 1.20 bits per heavy atom. The molecule has 1 aromatic carbocycles. The number of rotatable bonds is 3. The van der Waals surface area contributed by atoms with Gasteiger partial charge in [0, 0.05) is 11.9 Å². The summed E-state index contributed by atoms with van der Waals surface area (Å²) in [4.78, 5) is 4.39. The van der Waals surface area contributed by atoms with Gasteiger partial charge in [0.1, 0.15) is 0 Å². The summed E-state index contributed by atoms with van der Waals surface area (Å²) in [5, 5.41) is 4.75. The Kier molecular flexibility index (Phi) is 2.79. The summed E-state index contributed by atoms with van der Waals surface area (Å²) in [5.41, 5.74) is 8.96. The van der Waals surface area contributed by atoms with Crippen LogP contribution in [-0.2, 0) is 0 Å². The van der Waals surface area contributed by atoms with Gasteiger partial charge in [0.05, 0.1) is 23.1 Å². The topological polar surface area (TPSA) is 50.9 Å². The second-order valence-corrected chi connectivity index (χ2v) is 6.42. The van der Waals surface area contributed by atoms with Crippen LogP contribution in [0.15, 0.2) is 30.5 Å². The fourth-order valence-electron chi connectivity index (χ4n) is 4.21. The Balaban J connectivity index is 1.58. The lowest BCUT2D eigenvalue weighted by molar-refractivity contribution is 0.348. The summed E-state index contributed by atoms with van der Waals surface area (Å²) in [6.45, 7) is 1.05. The van der Waals surface area contributed by atoms with E-state index in [1.165, 1.54) is 25.7 Å². The molecular formula is C17H21N3. The Morgan fingerprint density at radius 2 is 2.10 bits per heavy atom. The van der Waals surface area contributed by atoms with Crippen molar-refractivity contribution in [1.82, 2.24) is 4.98 Å². The van der Waals surface area contributed by atoms with E-state index < -0.39 is 0 Å². The van der Waals surface area contributed by atoms with Crippen LogP contribution < -0.4 is 11.1 Å². The fraction of sp³-hybridized carbons (Fsp3) is 0.471. The van der Waals surface area contributed by atoms with Gasteiger partial charge >= 0.3 is 0 Å². The van der Waals surface area contributed by atoms with E-state index in [-0.39, 0.29) is 0 Å². The lowest BCUT2D eigenvalue weighted by atomic mass is 9.89. The third-order valence-electron chi connectivity index (χ3n) is 5.23. The molecule has 0 amide bonds. The average molecular weight is 267 g/mol. The molecule has 0 spiro atoms. The first kappa shape index (κ1) is 12.0. The van der Waals surface area contributed by atoms with Crippen molar-refractivity contribution < 1.29 is 0 Å². The molecule has 3 nitrogen and oxygen atoms in total. The van der Waals surface area contributed by atoms with Crippen molar-refractivity contribution in [3.8, 4) is 0 Å². The second kappa shape index (κ2) is 4.65. The van der Waals surface area contributed by atoms with Crippen molar-refractivity contribution in [3.05, 3.63) is 30.5 Å². The highest BCUT2D eigenvalue weighted by Gasteiger charge is 2.39.